The Labute approximate surface area is 135 Å². The Balaban J connectivity index is 2.27. The minimum atomic E-state index is -0.744. The van der Waals surface area contributed by atoms with Gasteiger partial charge in [0.05, 0.1) is 18.0 Å². The van der Waals surface area contributed by atoms with Gasteiger partial charge in [-0.15, -0.1) is 0 Å². The molecule has 1 atom stereocenters. The summed E-state index contributed by atoms with van der Waals surface area (Å²) < 4.78 is 6.58. The van der Waals surface area contributed by atoms with E-state index in [0.717, 1.165) is 22.5 Å². The number of rotatable bonds is 5. The zero-order valence-corrected chi connectivity index (χ0v) is 13.7. The molecule has 0 spiro atoms. The summed E-state index contributed by atoms with van der Waals surface area (Å²) >= 11 is 6.42. The molecule has 0 radical (unpaired) electrons. The summed E-state index contributed by atoms with van der Waals surface area (Å²) in [5.74, 6) is -0.430. The van der Waals surface area contributed by atoms with Crippen LogP contribution >= 0.6 is 11.6 Å². The summed E-state index contributed by atoms with van der Waals surface area (Å²) in [4.78, 5) is 11.7. The number of carbonyl (C=O) groups is 1. The second kappa shape index (κ2) is 6.94. The first-order valence-electron chi connectivity index (χ1n) is 7.17. The number of carbonyl (C=O) groups excluding carboxylic acids is 1. The fraction of sp³-hybridized carbons (Fsp3) is 0.375. The number of esters is 1. The monoisotopic (exact) mass is 321 g/mol. The topological polar surface area (TPSA) is 70.1 Å². The highest BCUT2D eigenvalue weighted by Gasteiger charge is 2.21. The molecule has 1 aromatic heterocycles. The van der Waals surface area contributed by atoms with Gasteiger partial charge in [0, 0.05) is 12.0 Å². The van der Waals surface area contributed by atoms with Crippen molar-refractivity contribution in [3.8, 4) is 5.69 Å². The number of halogens is 1. The third-order valence-electron chi connectivity index (χ3n) is 3.41. The van der Waals surface area contributed by atoms with Crippen molar-refractivity contribution in [1.29, 1.82) is 0 Å². The van der Waals surface area contributed by atoms with Crippen LogP contribution in [0.1, 0.15) is 23.7 Å². The number of benzene rings is 1. The molecule has 118 valence electrons. The van der Waals surface area contributed by atoms with Crippen LogP contribution in [0.25, 0.3) is 5.69 Å². The Morgan fingerprint density at radius 2 is 2.00 bits per heavy atom. The van der Waals surface area contributed by atoms with E-state index >= 15 is 0 Å². The van der Waals surface area contributed by atoms with E-state index in [0.29, 0.717) is 18.2 Å². The Kier molecular flexibility index (Phi) is 5.21. The lowest BCUT2D eigenvalue weighted by molar-refractivity contribution is -0.144. The van der Waals surface area contributed by atoms with Gasteiger partial charge in [-0.3, -0.25) is 4.79 Å². The molecule has 2 N–H and O–H groups in total. The number of ether oxygens (including phenoxy) is 1. The highest BCUT2D eigenvalue weighted by Crippen LogP contribution is 2.24. The SMILES string of the molecule is CCOC(=O)C(N)Cc1c(C)nn(-c2ccc(C)cc2)c1Cl. The van der Waals surface area contributed by atoms with Gasteiger partial charge in [0.2, 0.25) is 0 Å². The Morgan fingerprint density at radius 1 is 1.36 bits per heavy atom. The number of nitrogens with zero attached hydrogens (tertiary/aromatic N) is 2. The first kappa shape index (κ1) is 16.5. The van der Waals surface area contributed by atoms with Gasteiger partial charge in [-0.05, 0) is 32.9 Å². The largest absolute Gasteiger partial charge is 0.465 e. The molecule has 0 bridgehead atoms. The average Bonchev–Trinajstić information content (AvgIpc) is 2.76. The van der Waals surface area contributed by atoms with E-state index in [1.165, 1.54) is 0 Å². The van der Waals surface area contributed by atoms with E-state index in [9.17, 15) is 4.79 Å². The van der Waals surface area contributed by atoms with Gasteiger partial charge in [-0.2, -0.15) is 5.10 Å². The third-order valence-corrected chi connectivity index (χ3v) is 3.80. The first-order chi connectivity index (χ1) is 10.4. The molecule has 6 heteroatoms. The van der Waals surface area contributed by atoms with E-state index in [4.69, 9.17) is 22.1 Å². The van der Waals surface area contributed by atoms with Crippen LogP contribution in [0.5, 0.6) is 0 Å². The van der Waals surface area contributed by atoms with Crippen molar-refractivity contribution in [2.45, 2.75) is 33.2 Å². The molecule has 0 fully saturated rings. The smallest absolute Gasteiger partial charge is 0.323 e. The number of nitrogens with two attached hydrogens (primary N) is 1. The second-order valence-electron chi connectivity index (χ2n) is 5.16. The standard InChI is InChI=1S/C16H20ClN3O2/c1-4-22-16(21)14(18)9-13-11(3)19-20(15(13)17)12-7-5-10(2)6-8-12/h5-8,14H,4,9,18H2,1-3H3. The number of hydrogen-bond donors (Lipinski definition) is 1. The van der Waals surface area contributed by atoms with Crippen molar-refractivity contribution in [3.63, 3.8) is 0 Å². The summed E-state index contributed by atoms with van der Waals surface area (Å²) in [7, 11) is 0. The van der Waals surface area contributed by atoms with Crippen LogP contribution in [0.3, 0.4) is 0 Å². The maximum Gasteiger partial charge on any atom is 0.323 e. The lowest BCUT2D eigenvalue weighted by Crippen LogP contribution is -2.34. The zero-order valence-electron chi connectivity index (χ0n) is 13.0. The fourth-order valence-corrected chi connectivity index (χ4v) is 2.52. The van der Waals surface area contributed by atoms with Crippen molar-refractivity contribution in [3.05, 3.63) is 46.2 Å². The number of aromatic nitrogens is 2. The molecule has 5 nitrogen and oxygen atoms in total. The van der Waals surface area contributed by atoms with Gasteiger partial charge in [-0.25, -0.2) is 4.68 Å². The van der Waals surface area contributed by atoms with Gasteiger partial charge in [0.25, 0.3) is 0 Å². The first-order valence-corrected chi connectivity index (χ1v) is 7.55. The predicted molar refractivity (Wildman–Crippen MR) is 86.4 cm³/mol. The number of aryl methyl sites for hydroxylation is 2. The van der Waals surface area contributed by atoms with E-state index < -0.39 is 12.0 Å². The molecule has 2 rings (SSSR count). The summed E-state index contributed by atoms with van der Waals surface area (Å²) in [5.41, 5.74) is 9.42. The molecule has 1 unspecified atom stereocenters. The van der Waals surface area contributed by atoms with Crippen LogP contribution in [0.4, 0.5) is 0 Å². The van der Waals surface area contributed by atoms with Crippen LogP contribution in [-0.2, 0) is 16.0 Å². The second-order valence-corrected chi connectivity index (χ2v) is 5.52. The highest BCUT2D eigenvalue weighted by atomic mass is 35.5. The van der Waals surface area contributed by atoms with Gasteiger partial charge in [0.15, 0.2) is 0 Å². The fourth-order valence-electron chi connectivity index (χ4n) is 2.17. The normalized spacial score (nSPS) is 12.2. The Hall–Kier alpha value is -1.85. The van der Waals surface area contributed by atoms with Gasteiger partial charge in [-0.1, -0.05) is 29.3 Å². The molecule has 0 amide bonds. The lowest BCUT2D eigenvalue weighted by Gasteiger charge is -2.10. The zero-order chi connectivity index (χ0) is 16.3. The molecule has 0 saturated heterocycles. The van der Waals surface area contributed by atoms with Crippen molar-refractivity contribution < 1.29 is 9.53 Å². The van der Waals surface area contributed by atoms with E-state index in [2.05, 4.69) is 5.10 Å². The van der Waals surface area contributed by atoms with Crippen LogP contribution in [0.2, 0.25) is 5.15 Å². The molecule has 0 aliphatic rings. The summed E-state index contributed by atoms with van der Waals surface area (Å²) in [5, 5.41) is 4.92. The van der Waals surface area contributed by atoms with Crippen molar-refractivity contribution >= 4 is 17.6 Å². The molecule has 1 aromatic carbocycles. The van der Waals surface area contributed by atoms with E-state index in [1.807, 2.05) is 38.1 Å². The summed E-state index contributed by atoms with van der Waals surface area (Å²) in [6, 6.07) is 7.14. The minimum absolute atomic E-state index is 0.301. The Bertz CT molecular complexity index is 665. The van der Waals surface area contributed by atoms with Crippen molar-refractivity contribution in [2.24, 2.45) is 5.73 Å². The predicted octanol–water partition coefficient (Wildman–Crippen LogP) is 2.58. The summed E-state index contributed by atoms with van der Waals surface area (Å²) in [6.07, 6.45) is 0.301. The third kappa shape index (κ3) is 3.48. The maximum absolute atomic E-state index is 11.7. The summed E-state index contributed by atoms with van der Waals surface area (Å²) in [6.45, 7) is 5.92. The van der Waals surface area contributed by atoms with E-state index in [-0.39, 0.29) is 0 Å². The highest BCUT2D eigenvalue weighted by molar-refractivity contribution is 6.30. The molecule has 22 heavy (non-hydrogen) atoms. The van der Waals surface area contributed by atoms with Crippen LogP contribution < -0.4 is 5.73 Å². The van der Waals surface area contributed by atoms with E-state index in [1.54, 1.807) is 11.6 Å². The van der Waals surface area contributed by atoms with Gasteiger partial charge in [0.1, 0.15) is 11.2 Å². The lowest BCUT2D eigenvalue weighted by atomic mass is 10.1. The molecule has 0 saturated carbocycles. The molecular weight excluding hydrogens is 302 g/mol. The maximum atomic E-state index is 11.7. The molecule has 1 heterocycles. The number of hydrogen-bond acceptors (Lipinski definition) is 4. The average molecular weight is 322 g/mol. The molecule has 0 aliphatic heterocycles. The van der Waals surface area contributed by atoms with Crippen LogP contribution in [0.15, 0.2) is 24.3 Å². The van der Waals surface area contributed by atoms with Gasteiger partial charge >= 0.3 is 5.97 Å². The molecular formula is C16H20ClN3O2. The quantitative estimate of drug-likeness (QED) is 0.859. The minimum Gasteiger partial charge on any atom is -0.465 e. The Morgan fingerprint density at radius 3 is 2.59 bits per heavy atom. The van der Waals surface area contributed by atoms with Gasteiger partial charge < -0.3 is 10.5 Å². The van der Waals surface area contributed by atoms with Crippen molar-refractivity contribution in [2.75, 3.05) is 6.61 Å². The van der Waals surface area contributed by atoms with Crippen molar-refractivity contribution in [1.82, 2.24) is 9.78 Å². The van der Waals surface area contributed by atoms with Crippen LogP contribution in [-0.4, -0.2) is 28.4 Å². The molecule has 0 aliphatic carbocycles. The van der Waals surface area contributed by atoms with Crippen LogP contribution in [0, 0.1) is 13.8 Å². The molecule has 2 aromatic rings.